The fourth-order valence-corrected chi connectivity index (χ4v) is 4.07. The van der Waals surface area contributed by atoms with Crippen LogP contribution < -0.4 is 5.32 Å². The van der Waals surface area contributed by atoms with Crippen LogP contribution >= 0.6 is 0 Å². The fraction of sp³-hybridized carbons (Fsp3) is 0.522. The van der Waals surface area contributed by atoms with Gasteiger partial charge in [-0.2, -0.15) is 0 Å². The maximum absolute atomic E-state index is 11.0. The molecular formula is C23H33NO2. The first-order valence-electron chi connectivity index (χ1n) is 9.49. The number of hydrogen-bond donors (Lipinski definition) is 2. The minimum Gasteiger partial charge on any atom is -0.481 e. The molecule has 3 heteroatoms. The molecule has 0 spiro atoms. The molecule has 2 aromatic rings. The summed E-state index contributed by atoms with van der Waals surface area (Å²) in [6.45, 7) is 11.6. The molecular weight excluding hydrogens is 322 g/mol. The summed E-state index contributed by atoms with van der Waals surface area (Å²) >= 11 is 0. The van der Waals surface area contributed by atoms with Crippen LogP contribution in [-0.4, -0.2) is 23.7 Å². The van der Waals surface area contributed by atoms with Gasteiger partial charge in [0.1, 0.15) is 0 Å². The molecule has 0 saturated heterocycles. The second-order valence-corrected chi connectivity index (χ2v) is 9.24. The van der Waals surface area contributed by atoms with Gasteiger partial charge in [0.25, 0.3) is 0 Å². The Bertz CT molecular complexity index is 749. The van der Waals surface area contributed by atoms with Gasteiger partial charge in [-0.3, -0.25) is 4.79 Å². The molecule has 2 rings (SSSR count). The summed E-state index contributed by atoms with van der Waals surface area (Å²) in [5.74, 6) is -0.719. The van der Waals surface area contributed by atoms with E-state index in [1.165, 1.54) is 16.3 Å². The van der Waals surface area contributed by atoms with E-state index in [0.717, 1.165) is 19.4 Å². The van der Waals surface area contributed by atoms with Crippen molar-refractivity contribution in [1.29, 1.82) is 0 Å². The molecule has 1 unspecified atom stereocenters. The highest BCUT2D eigenvalue weighted by molar-refractivity contribution is 5.83. The summed E-state index contributed by atoms with van der Waals surface area (Å²) in [6, 6.07) is 15.5. The van der Waals surface area contributed by atoms with Gasteiger partial charge >= 0.3 is 5.97 Å². The van der Waals surface area contributed by atoms with Crippen molar-refractivity contribution in [1.82, 2.24) is 5.32 Å². The third-order valence-corrected chi connectivity index (χ3v) is 4.87. The molecule has 0 saturated carbocycles. The Morgan fingerprint density at radius 2 is 1.69 bits per heavy atom. The van der Waals surface area contributed by atoms with Crippen LogP contribution in [0.2, 0.25) is 0 Å². The van der Waals surface area contributed by atoms with Crippen molar-refractivity contribution in [3.05, 3.63) is 48.0 Å². The molecule has 0 fully saturated rings. The van der Waals surface area contributed by atoms with E-state index in [9.17, 15) is 4.79 Å². The van der Waals surface area contributed by atoms with Crippen molar-refractivity contribution in [3.63, 3.8) is 0 Å². The lowest BCUT2D eigenvalue weighted by molar-refractivity contribution is -0.139. The van der Waals surface area contributed by atoms with Gasteiger partial charge in [-0.05, 0) is 46.9 Å². The number of carboxylic acids is 1. The zero-order chi connectivity index (χ0) is 19.4. The lowest BCUT2D eigenvalue weighted by Crippen LogP contribution is -2.39. The Morgan fingerprint density at radius 3 is 2.35 bits per heavy atom. The lowest BCUT2D eigenvalue weighted by Gasteiger charge is -2.35. The van der Waals surface area contributed by atoms with E-state index in [2.05, 4.69) is 68.6 Å². The van der Waals surface area contributed by atoms with Crippen molar-refractivity contribution in [2.45, 2.75) is 59.9 Å². The van der Waals surface area contributed by atoms with Crippen LogP contribution in [0.1, 0.15) is 53.0 Å². The Hall–Kier alpha value is -1.87. The average Bonchev–Trinajstić information content (AvgIpc) is 2.50. The molecule has 0 aliphatic carbocycles. The van der Waals surface area contributed by atoms with Crippen LogP contribution in [0.3, 0.4) is 0 Å². The molecule has 3 nitrogen and oxygen atoms in total. The number of carboxylic acid groups (broad SMARTS) is 1. The van der Waals surface area contributed by atoms with E-state index in [0.29, 0.717) is 6.04 Å². The maximum atomic E-state index is 11.0. The van der Waals surface area contributed by atoms with Gasteiger partial charge < -0.3 is 10.4 Å². The van der Waals surface area contributed by atoms with E-state index in [-0.39, 0.29) is 17.3 Å². The van der Waals surface area contributed by atoms with Gasteiger partial charge in [0, 0.05) is 12.6 Å². The lowest BCUT2D eigenvalue weighted by atomic mass is 9.73. The Kier molecular flexibility index (Phi) is 6.46. The fourth-order valence-electron chi connectivity index (χ4n) is 4.07. The van der Waals surface area contributed by atoms with Gasteiger partial charge in [-0.1, -0.05) is 70.2 Å². The zero-order valence-corrected chi connectivity index (χ0v) is 16.8. The van der Waals surface area contributed by atoms with Gasteiger partial charge in [-0.25, -0.2) is 0 Å². The highest BCUT2D eigenvalue weighted by Gasteiger charge is 2.30. The SMILES string of the molecule is CC(Cc1ccc2ccccc2c1)NCC(C)(C)CC(C)(C)CC(=O)O. The zero-order valence-electron chi connectivity index (χ0n) is 16.8. The van der Waals surface area contributed by atoms with Gasteiger partial charge in [0.2, 0.25) is 0 Å². The number of nitrogens with one attached hydrogen (secondary N) is 1. The summed E-state index contributed by atoms with van der Waals surface area (Å²) in [6.07, 6.45) is 2.07. The van der Waals surface area contributed by atoms with E-state index in [1.807, 2.05) is 13.8 Å². The van der Waals surface area contributed by atoms with E-state index < -0.39 is 5.97 Å². The molecule has 0 aliphatic rings. The van der Waals surface area contributed by atoms with Crippen LogP contribution in [-0.2, 0) is 11.2 Å². The van der Waals surface area contributed by atoms with Crippen LogP contribution in [0.5, 0.6) is 0 Å². The third-order valence-electron chi connectivity index (χ3n) is 4.87. The number of hydrogen-bond acceptors (Lipinski definition) is 2. The molecule has 2 N–H and O–H groups in total. The minimum atomic E-state index is -0.719. The molecule has 0 aromatic heterocycles. The number of aliphatic carboxylic acids is 1. The quantitative estimate of drug-likeness (QED) is 0.643. The van der Waals surface area contributed by atoms with E-state index >= 15 is 0 Å². The predicted molar refractivity (Wildman–Crippen MR) is 110 cm³/mol. The van der Waals surface area contributed by atoms with Crippen LogP contribution in [0.15, 0.2) is 42.5 Å². The topological polar surface area (TPSA) is 49.3 Å². The second-order valence-electron chi connectivity index (χ2n) is 9.24. The van der Waals surface area contributed by atoms with Crippen molar-refractivity contribution >= 4 is 16.7 Å². The molecule has 0 aliphatic heterocycles. The monoisotopic (exact) mass is 355 g/mol. The molecule has 142 valence electrons. The van der Waals surface area contributed by atoms with Crippen molar-refractivity contribution in [3.8, 4) is 0 Å². The largest absolute Gasteiger partial charge is 0.481 e. The molecule has 1 atom stereocenters. The normalized spacial score (nSPS) is 13.7. The van der Waals surface area contributed by atoms with E-state index in [4.69, 9.17) is 5.11 Å². The number of rotatable bonds is 9. The first kappa shape index (κ1) is 20.4. The summed E-state index contributed by atoms with van der Waals surface area (Å²) in [5, 5.41) is 15.3. The summed E-state index contributed by atoms with van der Waals surface area (Å²) in [4.78, 5) is 11.0. The van der Waals surface area contributed by atoms with Crippen LogP contribution in [0.4, 0.5) is 0 Å². The maximum Gasteiger partial charge on any atom is 0.303 e. The van der Waals surface area contributed by atoms with Gasteiger partial charge in [0.15, 0.2) is 0 Å². The van der Waals surface area contributed by atoms with Crippen molar-refractivity contribution in [2.75, 3.05) is 6.54 Å². The average molecular weight is 356 g/mol. The molecule has 0 amide bonds. The molecule has 0 heterocycles. The van der Waals surface area contributed by atoms with Crippen molar-refractivity contribution in [2.24, 2.45) is 10.8 Å². The standard InChI is InChI=1S/C23H33NO2/c1-17(12-18-10-11-19-8-6-7-9-20(19)13-18)24-16-23(4,5)15-22(2,3)14-21(25)26/h6-11,13,17,24H,12,14-16H2,1-5H3,(H,25,26). The van der Waals surface area contributed by atoms with Crippen LogP contribution in [0, 0.1) is 10.8 Å². The Balaban J connectivity index is 1.90. The molecule has 0 radical (unpaired) electrons. The van der Waals surface area contributed by atoms with Crippen LogP contribution in [0.25, 0.3) is 10.8 Å². The molecule has 2 aromatic carbocycles. The summed E-state index contributed by atoms with van der Waals surface area (Å²) in [7, 11) is 0. The smallest absolute Gasteiger partial charge is 0.303 e. The molecule has 26 heavy (non-hydrogen) atoms. The number of benzene rings is 2. The second kappa shape index (κ2) is 8.22. The van der Waals surface area contributed by atoms with Gasteiger partial charge in [-0.15, -0.1) is 0 Å². The van der Waals surface area contributed by atoms with E-state index in [1.54, 1.807) is 0 Å². The Labute approximate surface area is 157 Å². The van der Waals surface area contributed by atoms with Gasteiger partial charge in [0.05, 0.1) is 6.42 Å². The number of carbonyl (C=O) groups is 1. The summed E-state index contributed by atoms with van der Waals surface area (Å²) in [5.41, 5.74) is 1.20. The third kappa shape index (κ3) is 6.45. The minimum absolute atomic E-state index is 0.0522. The highest BCUT2D eigenvalue weighted by atomic mass is 16.4. The first-order chi connectivity index (χ1) is 12.1. The first-order valence-corrected chi connectivity index (χ1v) is 9.49. The van der Waals surface area contributed by atoms with Crippen molar-refractivity contribution < 1.29 is 9.90 Å². The molecule has 0 bridgehead atoms. The Morgan fingerprint density at radius 1 is 1.04 bits per heavy atom. The predicted octanol–water partition coefficient (Wildman–Crippen LogP) is 5.28. The number of fused-ring (bicyclic) bond motifs is 1. The summed E-state index contributed by atoms with van der Waals surface area (Å²) < 4.78 is 0. The highest BCUT2D eigenvalue weighted by Crippen LogP contribution is 2.35.